The molecule has 1 aliphatic heterocycles. The van der Waals surface area contributed by atoms with E-state index in [0.717, 1.165) is 23.5 Å². The van der Waals surface area contributed by atoms with Crippen LogP contribution in [0.4, 0.5) is 5.13 Å². The summed E-state index contributed by atoms with van der Waals surface area (Å²) in [4.78, 5) is 19.2. The Hall–Kier alpha value is -0.600. The van der Waals surface area contributed by atoms with Crippen LogP contribution < -0.4 is 4.90 Å². The number of hydrogen-bond donors (Lipinski definition) is 0. The lowest BCUT2D eigenvalue weighted by Gasteiger charge is -2.33. The molecule has 1 aromatic heterocycles. The zero-order chi connectivity index (χ0) is 14.3. The Labute approximate surface area is 126 Å². The molecule has 8 heteroatoms. The van der Waals surface area contributed by atoms with Crippen molar-refractivity contribution in [3.05, 3.63) is 10.6 Å². The highest BCUT2D eigenvalue weighted by atomic mass is 32.2. The molecule has 20 heavy (non-hydrogen) atoms. The van der Waals surface area contributed by atoms with E-state index in [1.807, 2.05) is 4.90 Å². The quantitative estimate of drug-likeness (QED) is 0.819. The number of hydrogen-bond acceptors (Lipinski definition) is 7. The minimum atomic E-state index is -3.15. The Kier molecular flexibility index (Phi) is 3.81. The van der Waals surface area contributed by atoms with Gasteiger partial charge in [-0.05, 0) is 12.8 Å². The van der Waals surface area contributed by atoms with Crippen LogP contribution in [-0.4, -0.2) is 48.9 Å². The predicted molar refractivity (Wildman–Crippen MR) is 82.7 cm³/mol. The Morgan fingerprint density at radius 2 is 2.15 bits per heavy atom. The van der Waals surface area contributed by atoms with E-state index in [-0.39, 0.29) is 5.78 Å². The van der Waals surface area contributed by atoms with Gasteiger partial charge in [-0.1, -0.05) is 0 Å². The molecular weight excluding hydrogens is 316 g/mol. The molecule has 1 fully saturated rings. The lowest BCUT2D eigenvalue weighted by atomic mass is 10.0. The molecule has 0 aromatic carbocycles. The number of sulfone groups is 1. The first-order chi connectivity index (χ1) is 9.47. The molecule has 1 atom stereocenters. The number of carbonyl (C=O) groups excluding carboxylic acids is 1. The first kappa shape index (κ1) is 14.3. The summed E-state index contributed by atoms with van der Waals surface area (Å²) < 4.78 is 23.9. The third kappa shape index (κ3) is 2.60. The minimum absolute atomic E-state index is 0.0936. The summed E-state index contributed by atoms with van der Waals surface area (Å²) in [6, 6.07) is 0. The smallest absolute Gasteiger partial charge is 0.187 e. The van der Waals surface area contributed by atoms with Gasteiger partial charge in [0, 0.05) is 35.6 Å². The fraction of sp³-hybridized carbons (Fsp3) is 0.667. The Morgan fingerprint density at radius 3 is 2.85 bits per heavy atom. The van der Waals surface area contributed by atoms with Crippen LogP contribution >= 0.6 is 23.1 Å². The van der Waals surface area contributed by atoms with Crippen molar-refractivity contribution in [3.63, 3.8) is 0 Å². The molecule has 0 amide bonds. The van der Waals surface area contributed by atoms with Crippen molar-refractivity contribution in [2.24, 2.45) is 0 Å². The Bertz CT molecular complexity index is 638. The third-order valence-electron chi connectivity index (χ3n) is 3.58. The molecule has 1 aromatic rings. The predicted octanol–water partition coefficient (Wildman–Crippen LogP) is 1.59. The third-order valence-corrected chi connectivity index (χ3v) is 7.38. The van der Waals surface area contributed by atoms with Crippen LogP contribution in [0.25, 0.3) is 0 Å². The molecule has 0 saturated carbocycles. The van der Waals surface area contributed by atoms with Gasteiger partial charge >= 0.3 is 0 Å². The number of carbonyl (C=O) groups is 1. The maximum absolute atomic E-state index is 11.9. The largest absolute Gasteiger partial charge is 0.329 e. The van der Waals surface area contributed by atoms with Gasteiger partial charge in [0.15, 0.2) is 20.8 Å². The van der Waals surface area contributed by atoms with Crippen LogP contribution in [0.1, 0.15) is 28.2 Å². The Morgan fingerprint density at radius 1 is 1.35 bits per heavy atom. The first-order valence-electron chi connectivity index (χ1n) is 6.53. The summed E-state index contributed by atoms with van der Waals surface area (Å²) in [6.07, 6.45) is 3.58. The van der Waals surface area contributed by atoms with Gasteiger partial charge in [0.1, 0.15) is 11.1 Å². The molecular formula is C12H16N2O3S3. The number of Topliss-reactive ketones (excluding diaryl/α,β-unsaturated/α-hetero) is 1. The molecule has 5 nitrogen and oxygen atoms in total. The molecule has 1 aliphatic carbocycles. The van der Waals surface area contributed by atoms with Crippen molar-refractivity contribution in [1.29, 1.82) is 0 Å². The van der Waals surface area contributed by atoms with Gasteiger partial charge in [-0.25, -0.2) is 13.4 Å². The highest BCUT2D eigenvalue weighted by Crippen LogP contribution is 2.35. The highest BCUT2D eigenvalue weighted by Gasteiger charge is 2.34. The summed E-state index contributed by atoms with van der Waals surface area (Å²) in [6.45, 7) is 0.670. The number of rotatable bonds is 2. The second kappa shape index (κ2) is 5.31. The van der Waals surface area contributed by atoms with Gasteiger partial charge in [0.05, 0.1) is 0 Å². The second-order valence-corrected chi connectivity index (χ2v) is 9.51. The van der Waals surface area contributed by atoms with Gasteiger partial charge in [0.2, 0.25) is 0 Å². The number of nitrogens with zero attached hydrogens (tertiary/aromatic N) is 2. The van der Waals surface area contributed by atoms with Crippen molar-refractivity contribution in [2.75, 3.05) is 29.2 Å². The van der Waals surface area contributed by atoms with E-state index in [0.29, 0.717) is 29.5 Å². The fourth-order valence-electron chi connectivity index (χ4n) is 2.53. The molecule has 1 unspecified atom stereocenters. The van der Waals surface area contributed by atoms with Crippen LogP contribution in [0.2, 0.25) is 0 Å². The number of aromatic nitrogens is 1. The molecule has 110 valence electrons. The van der Waals surface area contributed by atoms with E-state index in [2.05, 4.69) is 4.98 Å². The zero-order valence-corrected chi connectivity index (χ0v) is 13.6. The Balaban J connectivity index is 1.97. The summed E-state index contributed by atoms with van der Waals surface area (Å²) >= 11 is 3.14. The van der Waals surface area contributed by atoms with E-state index < -0.39 is 15.2 Å². The lowest BCUT2D eigenvalue weighted by Crippen LogP contribution is -2.47. The standard InChI is InChI=1S/C12H16N2O3S3/c1-20(16,17)10-7-18-6-5-14(10)12-13-11-8(15)3-2-4-9(11)19-12/h10H,2-7H2,1H3. The van der Waals surface area contributed by atoms with Crippen LogP contribution in [0.15, 0.2) is 0 Å². The maximum Gasteiger partial charge on any atom is 0.187 e. The van der Waals surface area contributed by atoms with Crippen LogP contribution in [0.3, 0.4) is 0 Å². The maximum atomic E-state index is 11.9. The van der Waals surface area contributed by atoms with Crippen molar-refractivity contribution in [1.82, 2.24) is 4.98 Å². The van der Waals surface area contributed by atoms with Crippen LogP contribution in [0, 0.1) is 0 Å². The average molecular weight is 332 g/mol. The molecule has 0 bridgehead atoms. The van der Waals surface area contributed by atoms with E-state index in [1.165, 1.54) is 17.6 Å². The molecule has 3 rings (SSSR count). The van der Waals surface area contributed by atoms with E-state index in [1.54, 1.807) is 11.8 Å². The van der Waals surface area contributed by atoms with Gasteiger partial charge in [0.25, 0.3) is 0 Å². The summed E-state index contributed by atoms with van der Waals surface area (Å²) in [7, 11) is -3.15. The molecule has 1 saturated heterocycles. The highest BCUT2D eigenvalue weighted by molar-refractivity contribution is 8.01. The van der Waals surface area contributed by atoms with Crippen LogP contribution in [0.5, 0.6) is 0 Å². The van der Waals surface area contributed by atoms with Crippen molar-refractivity contribution >= 4 is 43.9 Å². The minimum Gasteiger partial charge on any atom is -0.329 e. The summed E-state index contributed by atoms with van der Waals surface area (Å²) in [5, 5.41) is 0.171. The number of ketones is 1. The number of aryl methyl sites for hydroxylation is 1. The van der Waals surface area contributed by atoms with E-state index in [4.69, 9.17) is 0 Å². The van der Waals surface area contributed by atoms with Crippen molar-refractivity contribution < 1.29 is 13.2 Å². The van der Waals surface area contributed by atoms with Crippen molar-refractivity contribution in [2.45, 2.75) is 24.6 Å². The van der Waals surface area contributed by atoms with Gasteiger partial charge < -0.3 is 4.90 Å². The fourth-order valence-corrected chi connectivity index (χ4v) is 6.61. The normalized spacial score (nSPS) is 23.8. The SMILES string of the molecule is CS(=O)(=O)C1CSCCN1c1nc2c(s1)CCCC2=O. The van der Waals surface area contributed by atoms with E-state index in [9.17, 15) is 13.2 Å². The molecule has 0 radical (unpaired) electrons. The summed E-state index contributed by atoms with van der Waals surface area (Å²) in [5.74, 6) is 1.55. The topological polar surface area (TPSA) is 67.3 Å². The summed E-state index contributed by atoms with van der Waals surface area (Å²) in [5.41, 5.74) is 0.571. The van der Waals surface area contributed by atoms with E-state index >= 15 is 0 Å². The molecule has 0 spiro atoms. The van der Waals surface area contributed by atoms with Gasteiger partial charge in [-0.3, -0.25) is 4.79 Å². The number of anilines is 1. The molecule has 2 aliphatic rings. The lowest BCUT2D eigenvalue weighted by molar-refractivity contribution is 0.0968. The van der Waals surface area contributed by atoms with Gasteiger partial charge in [-0.15, -0.1) is 11.3 Å². The number of fused-ring (bicyclic) bond motifs is 1. The monoisotopic (exact) mass is 332 g/mol. The van der Waals surface area contributed by atoms with Crippen molar-refractivity contribution in [3.8, 4) is 0 Å². The first-order valence-corrected chi connectivity index (χ1v) is 10.5. The molecule has 0 N–H and O–H groups in total. The number of thiazole rings is 1. The van der Waals surface area contributed by atoms with Gasteiger partial charge in [-0.2, -0.15) is 11.8 Å². The number of thioether (sulfide) groups is 1. The average Bonchev–Trinajstić information content (AvgIpc) is 2.83. The zero-order valence-electron chi connectivity index (χ0n) is 11.2. The molecule has 2 heterocycles. The van der Waals surface area contributed by atoms with Crippen LogP contribution in [-0.2, 0) is 16.3 Å². The second-order valence-electron chi connectivity index (χ2n) is 5.10.